The van der Waals surface area contributed by atoms with E-state index in [1.54, 1.807) is 24.3 Å². The predicted octanol–water partition coefficient (Wildman–Crippen LogP) is 2.65. The summed E-state index contributed by atoms with van der Waals surface area (Å²) < 4.78 is 34.7. The van der Waals surface area contributed by atoms with E-state index in [1.165, 1.54) is 4.90 Å². The van der Waals surface area contributed by atoms with Crippen molar-refractivity contribution in [2.45, 2.75) is 51.6 Å². The van der Waals surface area contributed by atoms with E-state index < -0.39 is 16.1 Å². The number of amidine groups is 1. The Morgan fingerprint density at radius 2 is 1.77 bits per heavy atom. The molecule has 0 N–H and O–H groups in total. The van der Waals surface area contributed by atoms with Crippen molar-refractivity contribution in [2.75, 3.05) is 19.7 Å². The van der Waals surface area contributed by atoms with Crippen molar-refractivity contribution >= 4 is 22.0 Å². The minimum absolute atomic E-state index is 0.0283. The van der Waals surface area contributed by atoms with E-state index in [0.29, 0.717) is 19.0 Å². The summed E-state index contributed by atoms with van der Waals surface area (Å²) in [5.41, 5.74) is 0.971. The molecule has 1 fully saturated rings. The van der Waals surface area contributed by atoms with Crippen LogP contribution >= 0.6 is 0 Å². The molecule has 1 aromatic rings. The average Bonchev–Trinajstić information content (AvgIpc) is 2.91. The quantitative estimate of drug-likeness (QED) is 0.559. The minimum atomic E-state index is -3.88. The van der Waals surface area contributed by atoms with Crippen molar-refractivity contribution in [3.8, 4) is 0 Å². The number of carbonyl (C=O) groups excluding carboxylic acids is 1. The highest BCUT2D eigenvalue weighted by atomic mass is 32.2. The van der Waals surface area contributed by atoms with Gasteiger partial charge in [0.1, 0.15) is 12.4 Å². The van der Waals surface area contributed by atoms with E-state index in [-0.39, 0.29) is 23.5 Å². The molecule has 26 heavy (non-hydrogen) atoms. The van der Waals surface area contributed by atoms with Crippen LogP contribution in [0.4, 0.5) is 4.79 Å². The lowest BCUT2D eigenvalue weighted by Gasteiger charge is -2.34. The summed E-state index contributed by atoms with van der Waals surface area (Å²) in [5.74, 6) is 0.342. The Balaban J connectivity index is 2.45. The van der Waals surface area contributed by atoms with Crippen LogP contribution < -0.4 is 0 Å². The van der Waals surface area contributed by atoms with Crippen LogP contribution in [0.5, 0.6) is 0 Å². The lowest BCUT2D eigenvalue weighted by atomic mass is 10.2. The fourth-order valence-corrected chi connectivity index (χ4v) is 4.01. The molecule has 0 bridgehead atoms. The maximum absolute atomic E-state index is 12.8. The number of amides is 1. The molecule has 144 valence electrons. The smallest absolute Gasteiger partial charge is 0.410 e. The zero-order chi connectivity index (χ0) is 19.5. The molecule has 1 amide bonds. The second-order valence-corrected chi connectivity index (χ2v) is 8.53. The molecule has 0 aliphatic carbocycles. The SMILES string of the molecule is Cc1ccc(S(=O)(=O)/N=C(\CN2CCOC2=O)N(C(C)C)C(C)C)cc1. The van der Waals surface area contributed by atoms with Gasteiger partial charge in [0.05, 0.1) is 18.0 Å². The van der Waals surface area contributed by atoms with Crippen molar-refractivity contribution in [1.82, 2.24) is 9.80 Å². The molecular weight excluding hydrogens is 354 g/mol. The van der Waals surface area contributed by atoms with Gasteiger partial charge in [-0.25, -0.2) is 4.79 Å². The summed E-state index contributed by atoms with van der Waals surface area (Å²) in [7, 11) is -3.88. The first-order valence-electron chi connectivity index (χ1n) is 8.72. The molecule has 1 aromatic carbocycles. The van der Waals surface area contributed by atoms with E-state index in [4.69, 9.17) is 4.74 Å². The third kappa shape index (κ3) is 4.75. The van der Waals surface area contributed by atoms with E-state index in [0.717, 1.165) is 5.56 Å². The molecular formula is C18H27N3O4S. The Hall–Kier alpha value is -2.09. The number of sulfonamides is 1. The summed E-state index contributed by atoms with van der Waals surface area (Å²) in [4.78, 5) is 15.3. The first kappa shape index (κ1) is 20.2. The number of hydrogen-bond acceptors (Lipinski definition) is 4. The minimum Gasteiger partial charge on any atom is -0.448 e. The van der Waals surface area contributed by atoms with Crippen LogP contribution in [-0.2, 0) is 14.8 Å². The Labute approximate surface area is 155 Å². The molecule has 7 nitrogen and oxygen atoms in total. The highest BCUT2D eigenvalue weighted by molar-refractivity contribution is 7.90. The summed E-state index contributed by atoms with van der Waals surface area (Å²) in [6.45, 7) is 10.6. The number of aryl methyl sites for hydroxylation is 1. The van der Waals surface area contributed by atoms with Crippen molar-refractivity contribution in [1.29, 1.82) is 0 Å². The molecule has 0 saturated carbocycles. The fraction of sp³-hybridized carbons (Fsp3) is 0.556. The highest BCUT2D eigenvalue weighted by Crippen LogP contribution is 2.17. The van der Waals surface area contributed by atoms with Crippen molar-refractivity contribution in [2.24, 2.45) is 4.40 Å². The van der Waals surface area contributed by atoms with E-state index in [2.05, 4.69) is 4.40 Å². The third-order valence-corrected chi connectivity index (χ3v) is 5.45. The van der Waals surface area contributed by atoms with Crippen LogP contribution in [-0.4, -0.2) is 61.9 Å². The highest BCUT2D eigenvalue weighted by Gasteiger charge is 2.29. The Kier molecular flexibility index (Phi) is 6.28. The van der Waals surface area contributed by atoms with Gasteiger partial charge in [0.15, 0.2) is 0 Å². The number of ether oxygens (including phenoxy) is 1. The van der Waals surface area contributed by atoms with Crippen LogP contribution in [0.1, 0.15) is 33.3 Å². The first-order valence-corrected chi connectivity index (χ1v) is 10.2. The van der Waals surface area contributed by atoms with Gasteiger partial charge in [0, 0.05) is 12.1 Å². The Morgan fingerprint density at radius 3 is 2.23 bits per heavy atom. The normalized spacial score (nSPS) is 15.7. The van der Waals surface area contributed by atoms with E-state index in [9.17, 15) is 13.2 Å². The topological polar surface area (TPSA) is 79.3 Å². The Morgan fingerprint density at radius 1 is 1.19 bits per heavy atom. The fourth-order valence-electron chi connectivity index (χ4n) is 2.99. The van der Waals surface area contributed by atoms with Crippen molar-refractivity contribution in [3.63, 3.8) is 0 Å². The van der Waals surface area contributed by atoms with E-state index >= 15 is 0 Å². The summed E-state index contributed by atoms with van der Waals surface area (Å²) in [6, 6.07) is 6.63. The number of nitrogens with zero attached hydrogens (tertiary/aromatic N) is 3. The number of carbonyl (C=O) groups is 1. The second kappa shape index (κ2) is 8.07. The lowest BCUT2D eigenvalue weighted by molar-refractivity contribution is 0.160. The van der Waals surface area contributed by atoms with Crippen LogP contribution in [0.25, 0.3) is 0 Å². The van der Waals surface area contributed by atoms with Gasteiger partial charge in [0.25, 0.3) is 10.0 Å². The van der Waals surface area contributed by atoms with Gasteiger partial charge < -0.3 is 9.64 Å². The molecule has 1 aliphatic heterocycles. The summed E-state index contributed by atoms with van der Waals surface area (Å²) in [6.07, 6.45) is -0.446. The van der Waals surface area contributed by atoms with Gasteiger partial charge in [-0.05, 0) is 46.8 Å². The molecule has 1 saturated heterocycles. The monoisotopic (exact) mass is 381 g/mol. The summed E-state index contributed by atoms with van der Waals surface area (Å²) in [5, 5.41) is 0. The van der Waals surface area contributed by atoms with Crippen molar-refractivity contribution < 1.29 is 17.9 Å². The zero-order valence-electron chi connectivity index (χ0n) is 16.0. The maximum atomic E-state index is 12.8. The molecule has 0 radical (unpaired) electrons. The van der Waals surface area contributed by atoms with Gasteiger partial charge in [-0.15, -0.1) is 4.40 Å². The van der Waals surface area contributed by atoms with Gasteiger partial charge in [-0.3, -0.25) is 4.90 Å². The maximum Gasteiger partial charge on any atom is 0.410 e. The van der Waals surface area contributed by atoms with Crippen LogP contribution in [0.2, 0.25) is 0 Å². The largest absolute Gasteiger partial charge is 0.448 e. The molecule has 0 atom stereocenters. The number of rotatable bonds is 6. The standard InChI is InChI=1S/C18H27N3O4S/c1-13(2)21(14(3)4)17(12-20-10-11-25-18(20)22)19-26(23,24)16-8-6-15(5)7-9-16/h6-9,13-14H,10-12H2,1-5H3/b19-17+. The number of cyclic esters (lactones) is 1. The van der Waals surface area contributed by atoms with E-state index in [1.807, 2.05) is 39.5 Å². The van der Waals surface area contributed by atoms with Gasteiger partial charge in [-0.2, -0.15) is 8.42 Å². The molecule has 0 aromatic heterocycles. The van der Waals surface area contributed by atoms with Crippen LogP contribution in [0, 0.1) is 6.92 Å². The molecule has 1 heterocycles. The lowest BCUT2D eigenvalue weighted by Crippen LogP contribution is -2.47. The number of benzene rings is 1. The third-order valence-electron chi connectivity index (χ3n) is 4.13. The van der Waals surface area contributed by atoms with Gasteiger partial charge >= 0.3 is 6.09 Å². The van der Waals surface area contributed by atoms with Gasteiger partial charge in [-0.1, -0.05) is 17.7 Å². The summed E-state index contributed by atoms with van der Waals surface area (Å²) >= 11 is 0. The molecule has 2 rings (SSSR count). The zero-order valence-corrected chi connectivity index (χ0v) is 16.8. The first-order chi connectivity index (χ1) is 12.1. The van der Waals surface area contributed by atoms with Crippen LogP contribution in [0.15, 0.2) is 33.6 Å². The van der Waals surface area contributed by atoms with Gasteiger partial charge in [0.2, 0.25) is 0 Å². The molecule has 0 spiro atoms. The molecule has 0 unspecified atom stereocenters. The second-order valence-electron chi connectivity index (χ2n) is 6.93. The molecule has 8 heteroatoms. The van der Waals surface area contributed by atoms with Crippen molar-refractivity contribution in [3.05, 3.63) is 29.8 Å². The average molecular weight is 381 g/mol. The predicted molar refractivity (Wildman–Crippen MR) is 101 cm³/mol. The Bertz CT molecular complexity index is 762. The number of hydrogen-bond donors (Lipinski definition) is 0. The van der Waals surface area contributed by atoms with Crippen LogP contribution in [0.3, 0.4) is 0 Å². The molecule has 1 aliphatic rings.